The summed E-state index contributed by atoms with van der Waals surface area (Å²) < 4.78 is 4.68. The van der Waals surface area contributed by atoms with Gasteiger partial charge in [-0.15, -0.1) is 0 Å². The fourth-order valence-electron chi connectivity index (χ4n) is 1.71. The number of aliphatic imine (C=N–C) groups is 1. The van der Waals surface area contributed by atoms with Gasteiger partial charge in [-0.3, -0.25) is 0 Å². The lowest BCUT2D eigenvalue weighted by atomic mass is 10.1. The molecule has 0 unspecified atom stereocenters. The van der Waals surface area contributed by atoms with Crippen LogP contribution in [0.15, 0.2) is 23.2 Å². The second-order valence-corrected chi connectivity index (χ2v) is 5.25. The highest BCUT2D eigenvalue weighted by atomic mass is 32.2. The topological polar surface area (TPSA) is 116 Å². The number of phenolic OH excluding ortho intramolecular Hbond substituents is 1. The van der Waals surface area contributed by atoms with Crippen LogP contribution in [0.2, 0.25) is 0 Å². The number of aromatic hydroxyl groups is 1. The molecule has 1 aliphatic heterocycles. The van der Waals surface area contributed by atoms with Gasteiger partial charge >= 0.3 is 12.1 Å². The molecule has 0 spiro atoms. The van der Waals surface area contributed by atoms with Gasteiger partial charge in [0.25, 0.3) is 0 Å². The smallest absolute Gasteiger partial charge is 0.507 e. The quantitative estimate of drug-likeness (QED) is 0.730. The van der Waals surface area contributed by atoms with E-state index in [1.807, 2.05) is 0 Å². The summed E-state index contributed by atoms with van der Waals surface area (Å²) in [5, 5.41) is 27.7. The lowest BCUT2D eigenvalue weighted by Crippen LogP contribution is -2.29. The van der Waals surface area contributed by atoms with Crippen LogP contribution >= 0.6 is 11.8 Å². The maximum Gasteiger partial charge on any atom is 0.507 e. The fraction of sp³-hybridized carbons (Fsp3) is 0.250. The van der Waals surface area contributed by atoms with Gasteiger partial charge in [0, 0.05) is 5.56 Å². The van der Waals surface area contributed by atoms with Gasteiger partial charge in [-0.05, 0) is 25.1 Å². The van der Waals surface area contributed by atoms with Crippen molar-refractivity contribution >= 4 is 28.9 Å². The van der Waals surface area contributed by atoms with Gasteiger partial charge in [0.2, 0.25) is 5.72 Å². The van der Waals surface area contributed by atoms with Crippen molar-refractivity contribution in [2.45, 2.75) is 12.6 Å². The molecule has 106 valence electrons. The first-order valence-corrected chi connectivity index (χ1v) is 6.50. The molecule has 3 N–H and O–H groups in total. The molecule has 1 atom stereocenters. The molecule has 20 heavy (non-hydrogen) atoms. The van der Waals surface area contributed by atoms with Gasteiger partial charge in [0.05, 0.1) is 11.3 Å². The number of aromatic carboxylic acids is 1. The van der Waals surface area contributed by atoms with Gasteiger partial charge in [0.1, 0.15) is 10.8 Å². The van der Waals surface area contributed by atoms with Crippen molar-refractivity contribution in [3.63, 3.8) is 0 Å². The van der Waals surface area contributed by atoms with Crippen molar-refractivity contribution in [2.75, 3.05) is 5.75 Å². The Labute approximate surface area is 117 Å². The molecule has 1 aromatic rings. The molecular formula is C12H11NO6S. The molecule has 7 nitrogen and oxygen atoms in total. The zero-order valence-corrected chi connectivity index (χ0v) is 11.2. The third-order valence-electron chi connectivity index (χ3n) is 2.60. The van der Waals surface area contributed by atoms with Crippen molar-refractivity contribution < 1.29 is 29.6 Å². The van der Waals surface area contributed by atoms with Gasteiger partial charge in [-0.2, -0.15) is 0 Å². The summed E-state index contributed by atoms with van der Waals surface area (Å²) in [6.45, 7) is 1.52. The minimum Gasteiger partial charge on any atom is -0.507 e. The molecule has 0 radical (unpaired) electrons. The number of carboxylic acids is 1. The third-order valence-corrected chi connectivity index (χ3v) is 3.86. The molecule has 8 heteroatoms. The van der Waals surface area contributed by atoms with Crippen molar-refractivity contribution in [2.24, 2.45) is 4.99 Å². The maximum atomic E-state index is 10.8. The first-order chi connectivity index (χ1) is 9.31. The van der Waals surface area contributed by atoms with E-state index in [9.17, 15) is 14.7 Å². The van der Waals surface area contributed by atoms with E-state index in [1.165, 1.54) is 30.8 Å². The van der Waals surface area contributed by atoms with Crippen molar-refractivity contribution in [3.8, 4) is 5.75 Å². The first-order valence-electron chi connectivity index (χ1n) is 5.52. The minimum atomic E-state index is -1.43. The Hall–Kier alpha value is -2.22. The molecule has 2 rings (SSSR count). The van der Waals surface area contributed by atoms with Gasteiger partial charge < -0.3 is 20.1 Å². The summed E-state index contributed by atoms with van der Waals surface area (Å²) in [6.07, 6.45) is -1.43. The van der Waals surface area contributed by atoms with Crippen LogP contribution in [0.1, 0.15) is 22.8 Å². The summed E-state index contributed by atoms with van der Waals surface area (Å²) in [5.74, 6) is -1.09. The number of benzene rings is 1. The normalized spacial score (nSPS) is 21.4. The molecule has 0 amide bonds. The highest BCUT2D eigenvalue weighted by Crippen LogP contribution is 2.34. The predicted molar refractivity (Wildman–Crippen MR) is 71.6 cm³/mol. The lowest BCUT2D eigenvalue weighted by Gasteiger charge is -2.17. The summed E-state index contributed by atoms with van der Waals surface area (Å²) in [5.41, 5.74) is -0.902. The van der Waals surface area contributed by atoms with Crippen LogP contribution in [0.25, 0.3) is 0 Å². The number of phenols is 1. The van der Waals surface area contributed by atoms with Gasteiger partial charge in [-0.1, -0.05) is 11.8 Å². The predicted octanol–water partition coefficient (Wildman–Crippen LogP) is 1.99. The largest absolute Gasteiger partial charge is 0.507 e. The Balaban J connectivity index is 2.31. The van der Waals surface area contributed by atoms with E-state index in [-0.39, 0.29) is 17.1 Å². The Bertz CT molecular complexity index is 614. The molecule has 0 saturated carbocycles. The summed E-state index contributed by atoms with van der Waals surface area (Å²) in [7, 11) is 0. The Morgan fingerprint density at radius 2 is 2.10 bits per heavy atom. The molecule has 1 aliphatic rings. The van der Waals surface area contributed by atoms with Crippen LogP contribution < -0.4 is 0 Å². The molecule has 0 saturated heterocycles. The number of carbonyl (C=O) groups is 2. The number of ether oxygens (including phenoxy) is 1. The second kappa shape index (κ2) is 5.04. The number of hydrogen-bond donors (Lipinski definition) is 3. The molecular weight excluding hydrogens is 286 g/mol. The first kappa shape index (κ1) is 14.2. The standard InChI is InChI=1S/C12H11NO6S/c1-12(19-11(17)18)5-20-9(13-12)7-3-2-6(10(15)16)4-8(7)14/h2-4,14H,5H2,1H3,(H,15,16)(H,17,18)/t12-/m0/s1. The number of nitrogens with zero attached hydrogens (tertiary/aromatic N) is 1. The summed E-state index contributed by atoms with van der Waals surface area (Å²) in [4.78, 5) is 25.5. The fourth-order valence-corrected chi connectivity index (χ4v) is 2.82. The zero-order chi connectivity index (χ0) is 14.9. The SMILES string of the molecule is C[C@]1(OC(=O)O)CSC(c2ccc(C(=O)O)cc2O)=N1. The Kier molecular flexibility index (Phi) is 3.58. The van der Waals surface area contributed by atoms with Crippen LogP contribution in [0, 0.1) is 0 Å². The molecule has 0 bridgehead atoms. The van der Waals surface area contributed by atoms with Gasteiger partial charge in [-0.25, -0.2) is 14.6 Å². The van der Waals surface area contributed by atoms with E-state index in [1.54, 1.807) is 0 Å². The van der Waals surface area contributed by atoms with E-state index < -0.39 is 17.8 Å². The van der Waals surface area contributed by atoms with E-state index in [4.69, 9.17) is 10.2 Å². The van der Waals surface area contributed by atoms with Crippen LogP contribution in [0.3, 0.4) is 0 Å². The van der Waals surface area contributed by atoms with Crippen molar-refractivity contribution in [1.29, 1.82) is 0 Å². The molecule has 0 fully saturated rings. The Morgan fingerprint density at radius 3 is 2.65 bits per heavy atom. The lowest BCUT2D eigenvalue weighted by molar-refractivity contribution is 0.0136. The number of rotatable bonds is 3. The Morgan fingerprint density at radius 1 is 1.40 bits per heavy atom. The molecule has 1 heterocycles. The van der Waals surface area contributed by atoms with E-state index in [0.717, 1.165) is 6.07 Å². The second-order valence-electron chi connectivity index (χ2n) is 4.29. The van der Waals surface area contributed by atoms with E-state index in [0.29, 0.717) is 10.6 Å². The average Bonchev–Trinajstić information content (AvgIpc) is 2.69. The molecule has 1 aromatic carbocycles. The maximum absolute atomic E-state index is 10.8. The number of thioether (sulfide) groups is 1. The summed E-state index contributed by atoms with van der Waals surface area (Å²) >= 11 is 1.23. The average molecular weight is 297 g/mol. The number of carboxylic acid groups (broad SMARTS) is 2. The van der Waals surface area contributed by atoms with Crippen molar-refractivity contribution in [1.82, 2.24) is 0 Å². The molecule has 0 aromatic heterocycles. The van der Waals surface area contributed by atoms with E-state index >= 15 is 0 Å². The van der Waals surface area contributed by atoms with Crippen LogP contribution in [0.5, 0.6) is 5.75 Å². The zero-order valence-electron chi connectivity index (χ0n) is 10.4. The number of hydrogen-bond acceptors (Lipinski definition) is 6. The third kappa shape index (κ3) is 2.85. The minimum absolute atomic E-state index is 0.0422. The van der Waals surface area contributed by atoms with Crippen molar-refractivity contribution in [3.05, 3.63) is 29.3 Å². The van der Waals surface area contributed by atoms with Crippen LogP contribution in [-0.2, 0) is 4.74 Å². The summed E-state index contributed by atoms with van der Waals surface area (Å²) in [6, 6.07) is 3.89. The highest BCUT2D eigenvalue weighted by molar-refractivity contribution is 8.14. The van der Waals surface area contributed by atoms with Gasteiger partial charge in [0.15, 0.2) is 0 Å². The van der Waals surface area contributed by atoms with Crippen LogP contribution in [-0.4, -0.2) is 44.0 Å². The monoisotopic (exact) mass is 297 g/mol. The molecule has 0 aliphatic carbocycles. The van der Waals surface area contributed by atoms with E-state index in [2.05, 4.69) is 9.73 Å². The van der Waals surface area contributed by atoms with Crippen LogP contribution in [0.4, 0.5) is 4.79 Å². The highest BCUT2D eigenvalue weighted by Gasteiger charge is 2.35.